The number of hydrogen-bond acceptors (Lipinski definition) is 5. The van der Waals surface area contributed by atoms with Crippen LogP contribution in [0.2, 0.25) is 0 Å². The molecule has 0 aliphatic carbocycles. The number of imidazole rings is 1. The van der Waals surface area contributed by atoms with Crippen molar-refractivity contribution in [3.63, 3.8) is 0 Å². The smallest absolute Gasteiger partial charge is 0.256 e. The Kier molecular flexibility index (Phi) is 4.83. The van der Waals surface area contributed by atoms with Gasteiger partial charge in [0.1, 0.15) is 5.75 Å². The van der Waals surface area contributed by atoms with Crippen molar-refractivity contribution < 1.29 is 9.47 Å². The molecule has 2 aromatic carbocycles. The molecule has 2 heterocycles. The number of H-pyrrole nitrogens is 1. The SMILES string of the molecule is COc1ccc(-c2nc3[nH]c(=O)cc(OC)n3c2-c2ccc(SC)cc2)cc1. The summed E-state index contributed by atoms with van der Waals surface area (Å²) in [7, 11) is 3.18. The van der Waals surface area contributed by atoms with E-state index in [0.717, 1.165) is 28.3 Å². The molecule has 1 N–H and O–H groups in total. The lowest BCUT2D eigenvalue weighted by Crippen LogP contribution is -2.09. The quantitative estimate of drug-likeness (QED) is 0.517. The lowest BCUT2D eigenvalue weighted by molar-refractivity contribution is 0.391. The fraction of sp³-hybridized carbons (Fsp3) is 0.143. The van der Waals surface area contributed by atoms with Gasteiger partial charge in [-0.1, -0.05) is 12.1 Å². The molecule has 0 radical (unpaired) electrons. The number of rotatable bonds is 5. The minimum Gasteiger partial charge on any atom is -0.497 e. The molecular weight excluding hydrogens is 374 g/mol. The van der Waals surface area contributed by atoms with Gasteiger partial charge in [0.25, 0.3) is 5.56 Å². The third kappa shape index (κ3) is 3.14. The number of ether oxygens (including phenoxy) is 2. The number of nitrogens with one attached hydrogen (secondary N) is 1. The molecule has 7 heteroatoms. The number of benzene rings is 2. The minimum atomic E-state index is -0.264. The van der Waals surface area contributed by atoms with Crippen molar-refractivity contribution in [3.8, 4) is 34.1 Å². The molecule has 0 aliphatic rings. The summed E-state index contributed by atoms with van der Waals surface area (Å²) in [5.41, 5.74) is 3.22. The van der Waals surface area contributed by atoms with Crippen molar-refractivity contribution in [1.29, 1.82) is 0 Å². The summed E-state index contributed by atoms with van der Waals surface area (Å²) in [4.78, 5) is 20.7. The number of methoxy groups -OCH3 is 2. The monoisotopic (exact) mass is 393 g/mol. The van der Waals surface area contributed by atoms with Gasteiger partial charge in [-0.15, -0.1) is 11.8 Å². The summed E-state index contributed by atoms with van der Waals surface area (Å²) < 4.78 is 12.6. The molecule has 6 nitrogen and oxygen atoms in total. The summed E-state index contributed by atoms with van der Waals surface area (Å²) in [6.45, 7) is 0. The van der Waals surface area contributed by atoms with Crippen molar-refractivity contribution in [2.45, 2.75) is 4.90 Å². The van der Waals surface area contributed by atoms with Crippen LogP contribution in [0.3, 0.4) is 0 Å². The molecule has 0 spiro atoms. The Bertz CT molecular complexity index is 1180. The molecule has 4 rings (SSSR count). The van der Waals surface area contributed by atoms with Crippen LogP contribution >= 0.6 is 11.8 Å². The predicted molar refractivity (Wildman–Crippen MR) is 112 cm³/mol. The van der Waals surface area contributed by atoms with E-state index in [1.54, 1.807) is 26.0 Å². The maximum Gasteiger partial charge on any atom is 0.256 e. The Morgan fingerprint density at radius 2 is 1.64 bits per heavy atom. The second-order valence-electron chi connectivity index (χ2n) is 6.10. The maximum absolute atomic E-state index is 12.0. The van der Waals surface area contributed by atoms with Crippen LogP contribution in [-0.2, 0) is 0 Å². The number of fused-ring (bicyclic) bond motifs is 1. The van der Waals surface area contributed by atoms with E-state index in [4.69, 9.17) is 14.5 Å². The molecule has 0 bridgehead atoms. The van der Waals surface area contributed by atoms with Crippen LogP contribution in [0.5, 0.6) is 11.6 Å². The number of thioether (sulfide) groups is 1. The highest BCUT2D eigenvalue weighted by molar-refractivity contribution is 7.98. The molecule has 0 saturated heterocycles. The van der Waals surface area contributed by atoms with Crippen molar-refractivity contribution in [2.24, 2.45) is 0 Å². The normalized spacial score (nSPS) is 11.0. The largest absolute Gasteiger partial charge is 0.497 e. The fourth-order valence-corrected chi connectivity index (χ4v) is 3.57. The van der Waals surface area contributed by atoms with Crippen LogP contribution in [0, 0.1) is 0 Å². The molecule has 0 amide bonds. The standard InChI is InChI=1S/C21H19N3O3S/c1-26-15-8-4-13(5-9-15)19-20(14-6-10-16(28-3)11-7-14)24-18(27-2)12-17(25)22-21(24)23-19/h4-12H,1-3H3,(H,22,23,25). The van der Waals surface area contributed by atoms with Gasteiger partial charge >= 0.3 is 0 Å². The Hall–Kier alpha value is -3.19. The minimum absolute atomic E-state index is 0.264. The van der Waals surface area contributed by atoms with Crippen LogP contribution < -0.4 is 15.0 Å². The van der Waals surface area contributed by atoms with Gasteiger partial charge in [0.15, 0.2) is 0 Å². The molecule has 142 valence electrons. The molecule has 2 aromatic heterocycles. The van der Waals surface area contributed by atoms with E-state index < -0.39 is 0 Å². The number of hydrogen-bond donors (Lipinski definition) is 1. The van der Waals surface area contributed by atoms with Gasteiger partial charge in [0.2, 0.25) is 11.7 Å². The van der Waals surface area contributed by atoms with Gasteiger partial charge in [-0.3, -0.25) is 9.78 Å². The van der Waals surface area contributed by atoms with E-state index >= 15 is 0 Å². The van der Waals surface area contributed by atoms with E-state index in [1.807, 2.05) is 47.1 Å². The van der Waals surface area contributed by atoms with Gasteiger partial charge in [-0.25, -0.2) is 9.38 Å². The number of nitrogens with zero attached hydrogens (tertiary/aromatic N) is 2. The highest BCUT2D eigenvalue weighted by Gasteiger charge is 2.19. The van der Waals surface area contributed by atoms with Crippen molar-refractivity contribution in [3.05, 3.63) is 65.0 Å². The molecule has 0 fully saturated rings. The van der Waals surface area contributed by atoms with Gasteiger partial charge < -0.3 is 9.47 Å². The number of aromatic nitrogens is 3. The molecule has 0 atom stereocenters. The Morgan fingerprint density at radius 3 is 2.25 bits per heavy atom. The first kappa shape index (κ1) is 18.2. The van der Waals surface area contributed by atoms with E-state index in [1.165, 1.54) is 11.0 Å². The highest BCUT2D eigenvalue weighted by atomic mass is 32.2. The average Bonchev–Trinajstić information content (AvgIpc) is 3.12. The Balaban J connectivity index is 2.03. The summed E-state index contributed by atoms with van der Waals surface area (Å²) in [6, 6.07) is 17.3. The third-order valence-electron chi connectivity index (χ3n) is 4.52. The maximum atomic E-state index is 12.0. The zero-order valence-corrected chi connectivity index (χ0v) is 16.5. The molecular formula is C21H19N3O3S. The number of aromatic amines is 1. The molecule has 28 heavy (non-hydrogen) atoms. The first-order chi connectivity index (χ1) is 13.6. The van der Waals surface area contributed by atoms with Crippen molar-refractivity contribution in [1.82, 2.24) is 14.4 Å². The first-order valence-electron chi connectivity index (χ1n) is 8.63. The second-order valence-corrected chi connectivity index (χ2v) is 6.98. The second kappa shape index (κ2) is 7.44. The van der Waals surface area contributed by atoms with Crippen LogP contribution in [0.15, 0.2) is 64.3 Å². The summed E-state index contributed by atoms with van der Waals surface area (Å²) in [5.74, 6) is 1.62. The molecule has 4 aromatic rings. The van der Waals surface area contributed by atoms with Gasteiger partial charge in [-0.05, 0) is 42.7 Å². The lowest BCUT2D eigenvalue weighted by Gasteiger charge is -2.10. The van der Waals surface area contributed by atoms with Crippen molar-refractivity contribution in [2.75, 3.05) is 20.5 Å². The molecule has 0 aliphatic heterocycles. The zero-order valence-electron chi connectivity index (χ0n) is 15.7. The van der Waals surface area contributed by atoms with Gasteiger partial charge in [0.05, 0.1) is 31.7 Å². The van der Waals surface area contributed by atoms with Crippen LogP contribution in [0.1, 0.15) is 0 Å². The fourth-order valence-electron chi connectivity index (χ4n) is 3.16. The highest BCUT2D eigenvalue weighted by Crippen LogP contribution is 2.35. The average molecular weight is 393 g/mol. The third-order valence-corrected chi connectivity index (χ3v) is 5.27. The van der Waals surface area contributed by atoms with Gasteiger partial charge in [-0.2, -0.15) is 0 Å². The van der Waals surface area contributed by atoms with E-state index in [-0.39, 0.29) is 5.56 Å². The summed E-state index contributed by atoms with van der Waals surface area (Å²) in [6.07, 6.45) is 2.04. The molecule has 0 saturated carbocycles. The summed E-state index contributed by atoms with van der Waals surface area (Å²) in [5, 5.41) is 0. The van der Waals surface area contributed by atoms with Crippen LogP contribution in [-0.4, -0.2) is 34.8 Å². The first-order valence-corrected chi connectivity index (χ1v) is 9.85. The van der Waals surface area contributed by atoms with Crippen LogP contribution in [0.4, 0.5) is 0 Å². The van der Waals surface area contributed by atoms with E-state index in [9.17, 15) is 4.79 Å². The van der Waals surface area contributed by atoms with Gasteiger partial charge in [0, 0.05) is 16.0 Å². The summed E-state index contributed by atoms with van der Waals surface area (Å²) >= 11 is 1.68. The van der Waals surface area contributed by atoms with E-state index in [0.29, 0.717) is 11.7 Å². The predicted octanol–water partition coefficient (Wildman–Crippen LogP) is 4.10. The van der Waals surface area contributed by atoms with Crippen molar-refractivity contribution >= 4 is 17.5 Å². The Morgan fingerprint density at radius 1 is 0.964 bits per heavy atom. The molecule has 0 unspecified atom stereocenters. The van der Waals surface area contributed by atoms with E-state index in [2.05, 4.69) is 17.1 Å². The Labute approximate surface area is 166 Å². The zero-order chi connectivity index (χ0) is 19.7. The topological polar surface area (TPSA) is 68.6 Å². The van der Waals surface area contributed by atoms with Crippen LogP contribution in [0.25, 0.3) is 28.3 Å². The lowest BCUT2D eigenvalue weighted by atomic mass is 10.0.